The van der Waals surface area contributed by atoms with Crippen LogP contribution in [0.4, 0.5) is 0 Å². The monoisotopic (exact) mass is 301 g/mol. The van der Waals surface area contributed by atoms with Gasteiger partial charge < -0.3 is 10.1 Å². The molecule has 0 atom stereocenters. The third-order valence-electron chi connectivity index (χ3n) is 1.79. The van der Waals surface area contributed by atoms with Gasteiger partial charge in [0.15, 0.2) is 5.11 Å². The van der Waals surface area contributed by atoms with E-state index >= 15 is 0 Å². The summed E-state index contributed by atoms with van der Waals surface area (Å²) in [4.78, 5) is 0. The smallest absolute Gasteiger partial charge is 0.186 e. The fourth-order valence-electron chi connectivity index (χ4n) is 1.02. The minimum atomic E-state index is 0.463. The molecule has 0 fully saturated rings. The molecule has 86 valence electrons. The number of hydrogen-bond acceptors (Lipinski definition) is 3. The molecule has 0 aliphatic rings. The maximum Gasteiger partial charge on any atom is 0.186 e. The number of halogens is 1. The van der Waals surface area contributed by atoms with Crippen molar-refractivity contribution in [2.75, 3.05) is 14.2 Å². The summed E-state index contributed by atoms with van der Waals surface area (Å²) in [7, 11) is 3.34. The number of thiocarbonyl (C=S) groups is 1. The second-order valence-electron chi connectivity index (χ2n) is 2.84. The van der Waals surface area contributed by atoms with Crippen molar-refractivity contribution in [2.45, 2.75) is 0 Å². The SMILES string of the molecule is CNC(=S)N/N=C/c1cc(Br)ccc1OC. The highest BCUT2D eigenvalue weighted by Gasteiger charge is 2.00. The van der Waals surface area contributed by atoms with Crippen molar-refractivity contribution in [1.29, 1.82) is 0 Å². The van der Waals surface area contributed by atoms with Crippen molar-refractivity contribution in [1.82, 2.24) is 10.7 Å². The van der Waals surface area contributed by atoms with E-state index in [0.717, 1.165) is 15.8 Å². The Balaban J connectivity index is 2.79. The minimum Gasteiger partial charge on any atom is -0.496 e. The lowest BCUT2D eigenvalue weighted by Crippen LogP contribution is -2.28. The van der Waals surface area contributed by atoms with E-state index in [1.54, 1.807) is 20.4 Å². The van der Waals surface area contributed by atoms with Crippen molar-refractivity contribution in [3.63, 3.8) is 0 Å². The first-order valence-electron chi connectivity index (χ1n) is 4.51. The summed E-state index contributed by atoms with van der Waals surface area (Å²) in [5.41, 5.74) is 3.53. The molecule has 0 amide bonds. The van der Waals surface area contributed by atoms with Crippen LogP contribution in [-0.4, -0.2) is 25.5 Å². The largest absolute Gasteiger partial charge is 0.496 e. The fourth-order valence-corrected chi connectivity index (χ4v) is 1.45. The van der Waals surface area contributed by atoms with Crippen LogP contribution in [0.2, 0.25) is 0 Å². The third kappa shape index (κ3) is 3.79. The van der Waals surface area contributed by atoms with Gasteiger partial charge in [0.05, 0.1) is 13.3 Å². The molecule has 0 saturated carbocycles. The lowest BCUT2D eigenvalue weighted by Gasteiger charge is -2.05. The van der Waals surface area contributed by atoms with Gasteiger partial charge in [0, 0.05) is 17.1 Å². The molecule has 0 aliphatic carbocycles. The molecule has 0 saturated heterocycles. The van der Waals surface area contributed by atoms with Crippen LogP contribution < -0.4 is 15.5 Å². The molecule has 0 radical (unpaired) electrons. The second kappa shape index (κ2) is 6.44. The summed E-state index contributed by atoms with van der Waals surface area (Å²) in [5.74, 6) is 0.754. The van der Waals surface area contributed by atoms with Gasteiger partial charge in [0.25, 0.3) is 0 Å². The van der Waals surface area contributed by atoms with E-state index in [1.165, 1.54) is 0 Å². The summed E-state index contributed by atoms with van der Waals surface area (Å²) >= 11 is 8.27. The summed E-state index contributed by atoms with van der Waals surface area (Å²) < 4.78 is 6.16. The molecule has 6 heteroatoms. The van der Waals surface area contributed by atoms with Crippen LogP contribution in [-0.2, 0) is 0 Å². The van der Waals surface area contributed by atoms with Crippen molar-refractivity contribution < 1.29 is 4.74 Å². The Kier molecular flexibility index (Phi) is 5.21. The Bertz CT molecular complexity index is 409. The van der Waals surface area contributed by atoms with Gasteiger partial charge in [0.2, 0.25) is 0 Å². The Labute approximate surface area is 108 Å². The number of hydrazone groups is 1. The number of methoxy groups -OCH3 is 1. The number of hydrogen-bond donors (Lipinski definition) is 2. The Morgan fingerprint density at radius 3 is 2.94 bits per heavy atom. The number of nitrogens with one attached hydrogen (secondary N) is 2. The Morgan fingerprint density at radius 2 is 2.31 bits per heavy atom. The molecule has 0 bridgehead atoms. The average molecular weight is 302 g/mol. The average Bonchev–Trinajstić information content (AvgIpc) is 2.29. The predicted molar refractivity (Wildman–Crippen MR) is 73.1 cm³/mol. The first kappa shape index (κ1) is 12.9. The maximum absolute atomic E-state index is 5.20. The summed E-state index contributed by atoms with van der Waals surface area (Å²) in [5, 5.41) is 7.20. The molecular formula is C10H12BrN3OS. The van der Waals surface area contributed by atoms with Gasteiger partial charge in [-0.3, -0.25) is 5.43 Å². The maximum atomic E-state index is 5.20. The Morgan fingerprint density at radius 1 is 1.56 bits per heavy atom. The van der Waals surface area contributed by atoms with Crippen LogP contribution in [0.3, 0.4) is 0 Å². The van der Waals surface area contributed by atoms with Crippen LogP contribution in [0.1, 0.15) is 5.56 Å². The standard InChI is InChI=1S/C10H12BrN3OS/c1-12-10(16)14-13-6-7-5-8(11)3-4-9(7)15-2/h3-6H,1-2H3,(H2,12,14,16)/b13-6+. The molecule has 0 spiro atoms. The zero-order valence-corrected chi connectivity index (χ0v) is 11.4. The molecule has 0 aliphatic heterocycles. The van der Waals surface area contributed by atoms with Crippen LogP contribution >= 0.6 is 28.1 Å². The van der Waals surface area contributed by atoms with E-state index in [9.17, 15) is 0 Å². The van der Waals surface area contributed by atoms with Crippen molar-refractivity contribution >= 4 is 39.5 Å². The molecule has 4 nitrogen and oxygen atoms in total. The van der Waals surface area contributed by atoms with E-state index in [-0.39, 0.29) is 0 Å². The van der Waals surface area contributed by atoms with Gasteiger partial charge in [-0.25, -0.2) is 0 Å². The van der Waals surface area contributed by atoms with E-state index in [4.69, 9.17) is 17.0 Å². The van der Waals surface area contributed by atoms with E-state index in [1.807, 2.05) is 18.2 Å². The number of ether oxygens (including phenoxy) is 1. The van der Waals surface area contributed by atoms with Crippen molar-refractivity contribution in [2.24, 2.45) is 5.10 Å². The van der Waals surface area contributed by atoms with Gasteiger partial charge in [-0.1, -0.05) is 15.9 Å². The lowest BCUT2D eigenvalue weighted by atomic mass is 10.2. The minimum absolute atomic E-state index is 0.463. The molecule has 2 N–H and O–H groups in total. The first-order valence-corrected chi connectivity index (χ1v) is 5.72. The zero-order chi connectivity index (χ0) is 12.0. The number of nitrogens with zero attached hydrogens (tertiary/aromatic N) is 1. The van der Waals surface area contributed by atoms with Gasteiger partial charge in [-0.2, -0.15) is 5.10 Å². The van der Waals surface area contributed by atoms with Crippen LogP contribution in [0.25, 0.3) is 0 Å². The topological polar surface area (TPSA) is 45.7 Å². The highest BCUT2D eigenvalue weighted by molar-refractivity contribution is 9.10. The molecule has 0 unspecified atom stereocenters. The van der Waals surface area contributed by atoms with Crippen LogP contribution in [0.5, 0.6) is 5.75 Å². The highest BCUT2D eigenvalue weighted by atomic mass is 79.9. The third-order valence-corrected chi connectivity index (χ3v) is 2.58. The highest BCUT2D eigenvalue weighted by Crippen LogP contribution is 2.21. The zero-order valence-electron chi connectivity index (χ0n) is 8.95. The lowest BCUT2D eigenvalue weighted by molar-refractivity contribution is 0.414. The molecule has 1 aromatic rings. The Hall–Kier alpha value is -1.14. The normalized spacial score (nSPS) is 10.2. The quantitative estimate of drug-likeness (QED) is 0.508. The van der Waals surface area contributed by atoms with Crippen LogP contribution in [0, 0.1) is 0 Å². The van der Waals surface area contributed by atoms with Gasteiger partial charge in [0.1, 0.15) is 5.75 Å². The van der Waals surface area contributed by atoms with Gasteiger partial charge in [-0.05, 0) is 30.4 Å². The number of rotatable bonds is 3. The van der Waals surface area contributed by atoms with E-state index in [0.29, 0.717) is 5.11 Å². The first-order chi connectivity index (χ1) is 7.67. The van der Waals surface area contributed by atoms with Crippen molar-refractivity contribution in [3.05, 3.63) is 28.2 Å². The van der Waals surface area contributed by atoms with Gasteiger partial charge >= 0.3 is 0 Å². The molecule has 16 heavy (non-hydrogen) atoms. The molecule has 1 rings (SSSR count). The van der Waals surface area contributed by atoms with E-state index < -0.39 is 0 Å². The second-order valence-corrected chi connectivity index (χ2v) is 4.16. The van der Waals surface area contributed by atoms with Crippen molar-refractivity contribution in [3.8, 4) is 5.75 Å². The molecular weight excluding hydrogens is 290 g/mol. The summed E-state index contributed by atoms with van der Waals surface area (Å²) in [6.07, 6.45) is 1.65. The van der Waals surface area contributed by atoms with Gasteiger partial charge in [-0.15, -0.1) is 0 Å². The van der Waals surface area contributed by atoms with Crippen LogP contribution in [0.15, 0.2) is 27.8 Å². The van der Waals surface area contributed by atoms with E-state index in [2.05, 4.69) is 31.8 Å². The number of benzene rings is 1. The summed E-state index contributed by atoms with van der Waals surface area (Å²) in [6.45, 7) is 0. The fraction of sp³-hybridized carbons (Fsp3) is 0.200. The molecule has 0 aromatic heterocycles. The summed E-state index contributed by atoms with van der Waals surface area (Å²) in [6, 6.07) is 5.68. The molecule has 1 aromatic carbocycles. The molecule has 0 heterocycles. The predicted octanol–water partition coefficient (Wildman–Crippen LogP) is 1.89.